The summed E-state index contributed by atoms with van der Waals surface area (Å²) in [5, 5.41) is 6.69. The second-order valence-corrected chi connectivity index (χ2v) is 6.82. The first-order valence-corrected chi connectivity index (χ1v) is 9.34. The van der Waals surface area contributed by atoms with Crippen molar-refractivity contribution < 1.29 is 13.5 Å². The fourth-order valence-electron chi connectivity index (χ4n) is 2.67. The van der Waals surface area contributed by atoms with Gasteiger partial charge in [-0.05, 0) is 62.4 Å². The molecule has 0 fully saturated rings. The molecule has 4 rings (SSSR count). The van der Waals surface area contributed by atoms with Crippen LogP contribution in [-0.4, -0.2) is 25.7 Å². The number of anilines is 2. The molecule has 0 radical (unpaired) electrons. The zero-order valence-corrected chi connectivity index (χ0v) is 16.9. The standard InChI is InChI=1S/C12H14FN3O.C9H8FN3O/c1-8(2)17-12-7-11(14)16(15-12)10-5-3-9(13)4-6-10;10-6-1-3-7(4-2-6)13-8(11)5-9(14)12-13/h3-8H,14H2,1-2H3;1-5H,11H2,(H,12,14). The lowest BCUT2D eigenvalue weighted by atomic mass is 10.3. The Morgan fingerprint density at radius 3 is 1.94 bits per heavy atom. The molecule has 0 spiro atoms. The zero-order chi connectivity index (χ0) is 22.5. The summed E-state index contributed by atoms with van der Waals surface area (Å²) in [6.07, 6.45) is 0.0333. The highest BCUT2D eigenvalue weighted by atomic mass is 19.1. The molecule has 5 N–H and O–H groups in total. The van der Waals surface area contributed by atoms with E-state index in [2.05, 4.69) is 10.2 Å². The Hall–Kier alpha value is -4.08. The first-order valence-electron chi connectivity index (χ1n) is 9.34. The van der Waals surface area contributed by atoms with Crippen molar-refractivity contribution in [2.75, 3.05) is 11.5 Å². The number of nitrogens with two attached hydrogens (primary N) is 2. The third-order valence-corrected chi connectivity index (χ3v) is 3.99. The average Bonchev–Trinajstić information content (AvgIpc) is 3.24. The van der Waals surface area contributed by atoms with Gasteiger partial charge in [-0.25, -0.2) is 18.1 Å². The van der Waals surface area contributed by atoms with Gasteiger partial charge < -0.3 is 16.2 Å². The van der Waals surface area contributed by atoms with Gasteiger partial charge in [-0.15, -0.1) is 5.10 Å². The Morgan fingerprint density at radius 2 is 1.45 bits per heavy atom. The number of ether oxygens (including phenoxy) is 1. The molecule has 2 aromatic carbocycles. The molecule has 0 aliphatic heterocycles. The highest BCUT2D eigenvalue weighted by Crippen LogP contribution is 2.20. The molecule has 8 nitrogen and oxygen atoms in total. The first kappa shape index (κ1) is 21.6. The van der Waals surface area contributed by atoms with Crippen molar-refractivity contribution in [3.05, 3.63) is 82.7 Å². The predicted molar refractivity (Wildman–Crippen MR) is 114 cm³/mol. The van der Waals surface area contributed by atoms with Crippen LogP contribution >= 0.6 is 0 Å². The Morgan fingerprint density at radius 1 is 0.903 bits per heavy atom. The molecular formula is C21H22F2N6O2. The van der Waals surface area contributed by atoms with Gasteiger partial charge >= 0.3 is 0 Å². The van der Waals surface area contributed by atoms with Gasteiger partial charge in [0.15, 0.2) is 0 Å². The van der Waals surface area contributed by atoms with Crippen LogP contribution in [0.3, 0.4) is 0 Å². The number of halogens is 2. The van der Waals surface area contributed by atoms with Gasteiger partial charge in [-0.3, -0.25) is 9.89 Å². The van der Waals surface area contributed by atoms with Crippen molar-refractivity contribution in [2.45, 2.75) is 20.0 Å². The molecule has 0 bridgehead atoms. The minimum absolute atomic E-state index is 0.0333. The van der Waals surface area contributed by atoms with E-state index in [9.17, 15) is 13.6 Å². The van der Waals surface area contributed by atoms with E-state index in [1.165, 1.54) is 51.8 Å². The number of rotatable bonds is 4. The quantitative estimate of drug-likeness (QED) is 0.461. The van der Waals surface area contributed by atoms with E-state index in [1.54, 1.807) is 18.2 Å². The third kappa shape index (κ3) is 5.50. The SMILES string of the molecule is CC(C)Oc1cc(N)n(-c2ccc(F)cc2)n1.Nc1cc(=O)[nH]n1-c1ccc(F)cc1. The predicted octanol–water partition coefficient (Wildman–Crippen LogP) is 3.27. The number of H-pyrrole nitrogens is 1. The maximum Gasteiger partial charge on any atom is 0.266 e. The van der Waals surface area contributed by atoms with Crippen LogP contribution in [0.25, 0.3) is 11.4 Å². The largest absolute Gasteiger partial charge is 0.474 e. The van der Waals surface area contributed by atoms with Crippen LogP contribution in [0.2, 0.25) is 0 Å². The molecule has 0 atom stereocenters. The highest BCUT2D eigenvalue weighted by Gasteiger charge is 2.09. The fraction of sp³-hybridized carbons (Fsp3) is 0.143. The number of nitrogens with one attached hydrogen (secondary N) is 1. The molecule has 0 amide bonds. The summed E-state index contributed by atoms with van der Waals surface area (Å²) in [6, 6.07) is 14.5. The van der Waals surface area contributed by atoms with Crippen molar-refractivity contribution in [3.8, 4) is 17.3 Å². The molecule has 10 heteroatoms. The van der Waals surface area contributed by atoms with E-state index in [0.717, 1.165) is 0 Å². The van der Waals surface area contributed by atoms with Gasteiger partial charge in [0, 0.05) is 12.1 Å². The second-order valence-electron chi connectivity index (χ2n) is 6.82. The lowest BCUT2D eigenvalue weighted by Crippen LogP contribution is -2.06. The molecule has 0 saturated carbocycles. The summed E-state index contributed by atoms with van der Waals surface area (Å²) in [7, 11) is 0. The van der Waals surface area contributed by atoms with E-state index >= 15 is 0 Å². The summed E-state index contributed by atoms with van der Waals surface area (Å²) in [5.74, 6) is 0.579. The lowest BCUT2D eigenvalue weighted by molar-refractivity contribution is 0.231. The number of hydrogen-bond acceptors (Lipinski definition) is 5. The topological polar surface area (TPSA) is 117 Å². The van der Waals surface area contributed by atoms with Crippen LogP contribution in [0.15, 0.2) is 65.5 Å². The summed E-state index contributed by atoms with van der Waals surface area (Å²) in [4.78, 5) is 10.9. The summed E-state index contributed by atoms with van der Waals surface area (Å²) in [6.45, 7) is 3.82. The van der Waals surface area contributed by atoms with E-state index in [0.29, 0.717) is 28.9 Å². The minimum atomic E-state index is -0.332. The molecule has 2 aromatic heterocycles. The molecule has 0 aliphatic carbocycles. The van der Waals surface area contributed by atoms with E-state index < -0.39 is 0 Å². The molecule has 0 aliphatic rings. The van der Waals surface area contributed by atoms with Gasteiger partial charge in [0.05, 0.1) is 17.5 Å². The molecule has 31 heavy (non-hydrogen) atoms. The molecule has 162 valence electrons. The number of aromatic nitrogens is 4. The number of nitrogen functional groups attached to an aromatic ring is 2. The molecule has 0 unspecified atom stereocenters. The number of benzene rings is 2. The maximum absolute atomic E-state index is 12.8. The van der Waals surface area contributed by atoms with Crippen LogP contribution in [0.5, 0.6) is 5.88 Å². The van der Waals surface area contributed by atoms with Crippen LogP contribution in [0, 0.1) is 11.6 Å². The van der Waals surface area contributed by atoms with Crippen molar-refractivity contribution >= 4 is 11.6 Å². The van der Waals surface area contributed by atoms with Crippen LogP contribution in [0.4, 0.5) is 20.4 Å². The van der Waals surface area contributed by atoms with E-state index in [4.69, 9.17) is 16.2 Å². The van der Waals surface area contributed by atoms with Crippen molar-refractivity contribution in [1.82, 2.24) is 19.6 Å². The van der Waals surface area contributed by atoms with Crippen molar-refractivity contribution in [3.63, 3.8) is 0 Å². The van der Waals surface area contributed by atoms with E-state index in [1.807, 2.05) is 13.8 Å². The van der Waals surface area contributed by atoms with Gasteiger partial charge in [0.25, 0.3) is 5.56 Å². The van der Waals surface area contributed by atoms with Crippen LogP contribution in [0.1, 0.15) is 13.8 Å². The number of aromatic amines is 1. The zero-order valence-electron chi connectivity index (χ0n) is 16.9. The first-order chi connectivity index (χ1) is 14.7. The summed E-state index contributed by atoms with van der Waals surface area (Å²) >= 11 is 0. The lowest BCUT2D eigenvalue weighted by Gasteiger charge is -2.05. The Labute approximate surface area is 176 Å². The summed E-state index contributed by atoms with van der Waals surface area (Å²) in [5.41, 5.74) is 12.4. The molecule has 2 heterocycles. The highest BCUT2D eigenvalue weighted by molar-refractivity contribution is 5.44. The summed E-state index contributed by atoms with van der Waals surface area (Å²) < 4.78 is 33.7. The van der Waals surface area contributed by atoms with Crippen molar-refractivity contribution in [2.24, 2.45) is 0 Å². The van der Waals surface area contributed by atoms with Crippen LogP contribution < -0.4 is 21.8 Å². The van der Waals surface area contributed by atoms with Crippen molar-refractivity contribution in [1.29, 1.82) is 0 Å². The van der Waals surface area contributed by atoms with Gasteiger partial charge in [-0.2, -0.15) is 0 Å². The normalized spacial score (nSPS) is 10.6. The van der Waals surface area contributed by atoms with Gasteiger partial charge in [0.1, 0.15) is 23.3 Å². The van der Waals surface area contributed by atoms with Gasteiger partial charge in [0.2, 0.25) is 5.88 Å². The van der Waals surface area contributed by atoms with Crippen LogP contribution in [-0.2, 0) is 0 Å². The third-order valence-electron chi connectivity index (χ3n) is 3.99. The maximum atomic E-state index is 12.8. The Balaban J connectivity index is 0.000000179. The fourth-order valence-corrected chi connectivity index (χ4v) is 2.67. The van der Waals surface area contributed by atoms with E-state index in [-0.39, 0.29) is 23.3 Å². The molecular weight excluding hydrogens is 406 g/mol. The number of hydrogen-bond donors (Lipinski definition) is 3. The second kappa shape index (κ2) is 9.16. The van der Waals surface area contributed by atoms with Gasteiger partial charge in [-0.1, -0.05) is 0 Å². The number of nitrogens with zero attached hydrogens (tertiary/aromatic N) is 3. The smallest absolute Gasteiger partial charge is 0.266 e. The monoisotopic (exact) mass is 428 g/mol. The average molecular weight is 428 g/mol. The minimum Gasteiger partial charge on any atom is -0.474 e. The molecule has 0 saturated heterocycles. The Bertz CT molecular complexity index is 1190. The Kier molecular flexibility index (Phi) is 6.39. The molecule has 4 aromatic rings.